The number of amides is 1. The highest BCUT2D eigenvalue weighted by atomic mass is 19.1. The summed E-state index contributed by atoms with van der Waals surface area (Å²) in [5.41, 5.74) is 1.85. The SMILES string of the molecule is COc1cccc(C(C)NC(=O)c2ccc(F)c(C)c2)c1. The summed E-state index contributed by atoms with van der Waals surface area (Å²) in [4.78, 5) is 12.2. The fraction of sp³-hybridized carbons (Fsp3) is 0.235. The molecule has 0 aromatic heterocycles. The molecular weight excluding hydrogens is 269 g/mol. The molecule has 0 aliphatic carbocycles. The van der Waals surface area contributed by atoms with Gasteiger partial charge < -0.3 is 10.1 Å². The van der Waals surface area contributed by atoms with E-state index in [1.165, 1.54) is 12.1 Å². The van der Waals surface area contributed by atoms with E-state index < -0.39 is 0 Å². The molecule has 0 aliphatic heterocycles. The second-order valence-corrected chi connectivity index (χ2v) is 4.94. The maximum Gasteiger partial charge on any atom is 0.251 e. The Hall–Kier alpha value is -2.36. The Morgan fingerprint density at radius 1 is 1.24 bits per heavy atom. The number of hydrogen-bond acceptors (Lipinski definition) is 2. The molecule has 2 rings (SSSR count). The van der Waals surface area contributed by atoms with Crippen LogP contribution in [0.1, 0.15) is 34.5 Å². The molecule has 1 N–H and O–H groups in total. The number of ether oxygens (including phenoxy) is 1. The van der Waals surface area contributed by atoms with Crippen LogP contribution in [0.5, 0.6) is 5.75 Å². The minimum Gasteiger partial charge on any atom is -0.497 e. The molecule has 0 heterocycles. The molecule has 1 atom stereocenters. The van der Waals surface area contributed by atoms with Gasteiger partial charge >= 0.3 is 0 Å². The van der Waals surface area contributed by atoms with Gasteiger partial charge in [0.25, 0.3) is 5.91 Å². The van der Waals surface area contributed by atoms with Gasteiger partial charge in [-0.1, -0.05) is 12.1 Å². The third kappa shape index (κ3) is 3.60. The zero-order valence-electron chi connectivity index (χ0n) is 12.3. The monoisotopic (exact) mass is 287 g/mol. The zero-order valence-corrected chi connectivity index (χ0v) is 12.3. The van der Waals surface area contributed by atoms with Crippen molar-refractivity contribution in [2.45, 2.75) is 19.9 Å². The van der Waals surface area contributed by atoms with Crippen LogP contribution >= 0.6 is 0 Å². The molecule has 0 saturated carbocycles. The van der Waals surface area contributed by atoms with Gasteiger partial charge in [-0.05, 0) is 55.3 Å². The summed E-state index contributed by atoms with van der Waals surface area (Å²) in [5, 5.41) is 2.89. The summed E-state index contributed by atoms with van der Waals surface area (Å²) in [6.45, 7) is 3.53. The number of carbonyl (C=O) groups is 1. The quantitative estimate of drug-likeness (QED) is 0.932. The first kappa shape index (κ1) is 15.0. The van der Waals surface area contributed by atoms with Crippen LogP contribution in [0.25, 0.3) is 0 Å². The van der Waals surface area contributed by atoms with Crippen LogP contribution in [-0.2, 0) is 0 Å². The Bertz CT molecular complexity index is 655. The van der Waals surface area contributed by atoms with Crippen molar-refractivity contribution in [2.24, 2.45) is 0 Å². The standard InChI is InChI=1S/C17H18FNO2/c1-11-9-14(7-8-16(11)18)17(20)19-12(2)13-5-4-6-15(10-13)21-3/h4-10,12H,1-3H3,(H,19,20). The van der Waals surface area contributed by atoms with E-state index in [-0.39, 0.29) is 17.8 Å². The zero-order chi connectivity index (χ0) is 15.4. The Kier molecular flexibility index (Phi) is 4.58. The minimum atomic E-state index is -0.313. The van der Waals surface area contributed by atoms with Crippen LogP contribution in [0.15, 0.2) is 42.5 Å². The molecule has 0 bridgehead atoms. The largest absolute Gasteiger partial charge is 0.497 e. The van der Waals surface area contributed by atoms with E-state index in [1.807, 2.05) is 31.2 Å². The highest BCUT2D eigenvalue weighted by Gasteiger charge is 2.13. The van der Waals surface area contributed by atoms with Gasteiger partial charge in [-0.2, -0.15) is 0 Å². The number of aryl methyl sites for hydroxylation is 1. The molecule has 1 unspecified atom stereocenters. The van der Waals surface area contributed by atoms with Crippen molar-refractivity contribution < 1.29 is 13.9 Å². The lowest BCUT2D eigenvalue weighted by molar-refractivity contribution is 0.0939. The molecule has 21 heavy (non-hydrogen) atoms. The van der Waals surface area contributed by atoms with Crippen molar-refractivity contribution in [2.75, 3.05) is 7.11 Å². The van der Waals surface area contributed by atoms with Gasteiger partial charge in [0.15, 0.2) is 0 Å². The molecule has 0 fully saturated rings. The van der Waals surface area contributed by atoms with Crippen LogP contribution in [0.4, 0.5) is 4.39 Å². The second kappa shape index (κ2) is 6.39. The maximum absolute atomic E-state index is 13.2. The maximum atomic E-state index is 13.2. The van der Waals surface area contributed by atoms with Crippen molar-refractivity contribution in [1.82, 2.24) is 5.32 Å². The molecule has 0 aliphatic rings. The summed E-state index contributed by atoms with van der Waals surface area (Å²) < 4.78 is 18.4. The number of halogens is 1. The van der Waals surface area contributed by atoms with E-state index >= 15 is 0 Å². The predicted molar refractivity (Wildman–Crippen MR) is 80.0 cm³/mol. The van der Waals surface area contributed by atoms with Crippen molar-refractivity contribution in [3.63, 3.8) is 0 Å². The summed E-state index contributed by atoms with van der Waals surface area (Å²) in [6, 6.07) is 11.7. The van der Waals surface area contributed by atoms with E-state index in [0.717, 1.165) is 11.3 Å². The Morgan fingerprint density at radius 2 is 2.00 bits per heavy atom. The molecule has 2 aromatic rings. The topological polar surface area (TPSA) is 38.3 Å². The van der Waals surface area contributed by atoms with Gasteiger partial charge in [0, 0.05) is 5.56 Å². The Morgan fingerprint density at radius 3 is 2.67 bits per heavy atom. The lowest BCUT2D eigenvalue weighted by atomic mass is 10.1. The first-order valence-electron chi connectivity index (χ1n) is 6.72. The third-order valence-corrected chi connectivity index (χ3v) is 3.36. The third-order valence-electron chi connectivity index (χ3n) is 3.36. The fourth-order valence-electron chi connectivity index (χ4n) is 2.06. The molecule has 3 nitrogen and oxygen atoms in total. The fourth-order valence-corrected chi connectivity index (χ4v) is 2.06. The molecule has 0 saturated heterocycles. The number of hydrogen-bond donors (Lipinski definition) is 1. The molecule has 0 spiro atoms. The van der Waals surface area contributed by atoms with E-state index in [2.05, 4.69) is 5.32 Å². The van der Waals surface area contributed by atoms with Gasteiger partial charge in [-0.3, -0.25) is 4.79 Å². The van der Waals surface area contributed by atoms with E-state index in [1.54, 1.807) is 20.1 Å². The highest BCUT2D eigenvalue weighted by molar-refractivity contribution is 5.94. The number of methoxy groups -OCH3 is 1. The van der Waals surface area contributed by atoms with Gasteiger partial charge in [-0.25, -0.2) is 4.39 Å². The van der Waals surface area contributed by atoms with Crippen LogP contribution in [-0.4, -0.2) is 13.0 Å². The van der Waals surface area contributed by atoms with E-state index in [0.29, 0.717) is 11.1 Å². The molecule has 1 amide bonds. The molecular formula is C17H18FNO2. The first-order valence-corrected chi connectivity index (χ1v) is 6.72. The summed E-state index contributed by atoms with van der Waals surface area (Å²) in [6.07, 6.45) is 0. The summed E-state index contributed by atoms with van der Waals surface area (Å²) in [7, 11) is 1.60. The molecule has 0 radical (unpaired) electrons. The van der Waals surface area contributed by atoms with Crippen molar-refractivity contribution in [3.05, 3.63) is 65.0 Å². The number of rotatable bonds is 4. The normalized spacial score (nSPS) is 11.8. The predicted octanol–water partition coefficient (Wildman–Crippen LogP) is 3.63. The van der Waals surface area contributed by atoms with Crippen LogP contribution in [0, 0.1) is 12.7 Å². The molecule has 110 valence electrons. The van der Waals surface area contributed by atoms with E-state index in [9.17, 15) is 9.18 Å². The number of nitrogens with one attached hydrogen (secondary N) is 1. The smallest absolute Gasteiger partial charge is 0.251 e. The number of carbonyl (C=O) groups excluding carboxylic acids is 1. The Balaban J connectivity index is 2.12. The van der Waals surface area contributed by atoms with Crippen LogP contribution in [0.3, 0.4) is 0 Å². The lowest BCUT2D eigenvalue weighted by Gasteiger charge is -2.15. The average Bonchev–Trinajstić information content (AvgIpc) is 2.49. The van der Waals surface area contributed by atoms with Crippen LogP contribution < -0.4 is 10.1 Å². The Labute approximate surface area is 123 Å². The van der Waals surface area contributed by atoms with E-state index in [4.69, 9.17) is 4.74 Å². The lowest BCUT2D eigenvalue weighted by Crippen LogP contribution is -2.26. The van der Waals surface area contributed by atoms with Crippen LogP contribution in [0.2, 0.25) is 0 Å². The second-order valence-electron chi connectivity index (χ2n) is 4.94. The molecule has 4 heteroatoms. The molecule has 2 aromatic carbocycles. The van der Waals surface area contributed by atoms with Crippen molar-refractivity contribution in [1.29, 1.82) is 0 Å². The van der Waals surface area contributed by atoms with Gasteiger partial charge in [-0.15, -0.1) is 0 Å². The number of benzene rings is 2. The minimum absolute atomic E-state index is 0.169. The summed E-state index contributed by atoms with van der Waals surface area (Å²) in [5.74, 6) is 0.201. The highest BCUT2D eigenvalue weighted by Crippen LogP contribution is 2.19. The van der Waals surface area contributed by atoms with Gasteiger partial charge in [0.2, 0.25) is 0 Å². The van der Waals surface area contributed by atoms with Gasteiger partial charge in [0.1, 0.15) is 11.6 Å². The average molecular weight is 287 g/mol. The first-order chi connectivity index (χ1) is 10.0. The summed E-state index contributed by atoms with van der Waals surface area (Å²) >= 11 is 0. The van der Waals surface area contributed by atoms with Crippen molar-refractivity contribution in [3.8, 4) is 5.75 Å². The van der Waals surface area contributed by atoms with Gasteiger partial charge in [0.05, 0.1) is 13.2 Å². The van der Waals surface area contributed by atoms with Crippen molar-refractivity contribution >= 4 is 5.91 Å².